The van der Waals surface area contributed by atoms with Crippen LogP contribution >= 0.6 is 0 Å². The highest BCUT2D eigenvalue weighted by molar-refractivity contribution is 6.06. The van der Waals surface area contributed by atoms with Gasteiger partial charge in [0.05, 0.1) is 5.41 Å². The first-order valence-corrected chi connectivity index (χ1v) is 21.7. The van der Waals surface area contributed by atoms with E-state index in [0.717, 1.165) is 50.1 Å². The summed E-state index contributed by atoms with van der Waals surface area (Å²) in [5, 5.41) is 2.28. The van der Waals surface area contributed by atoms with Crippen LogP contribution in [0.25, 0.3) is 66.4 Å². The van der Waals surface area contributed by atoms with Crippen LogP contribution in [0.4, 0.5) is 17.1 Å². The lowest BCUT2D eigenvalue weighted by atomic mass is 9.67. The number of fused-ring (bicyclic) bond motifs is 6. The maximum absolute atomic E-state index is 6.25. The van der Waals surface area contributed by atoms with Gasteiger partial charge in [-0.25, -0.2) is 0 Å². The number of anilines is 3. The van der Waals surface area contributed by atoms with Gasteiger partial charge in [-0.05, 0) is 127 Å². The summed E-state index contributed by atoms with van der Waals surface area (Å²) in [7, 11) is 0. The second-order valence-corrected chi connectivity index (χ2v) is 16.4. The second-order valence-electron chi connectivity index (χ2n) is 16.4. The molecule has 2 heteroatoms. The Morgan fingerprint density at radius 3 is 1.33 bits per heavy atom. The highest BCUT2D eigenvalue weighted by atomic mass is 16.3. The van der Waals surface area contributed by atoms with Gasteiger partial charge in [-0.3, -0.25) is 0 Å². The van der Waals surface area contributed by atoms with Crippen molar-refractivity contribution in [2.75, 3.05) is 4.90 Å². The number of hydrogen-bond acceptors (Lipinski definition) is 2. The Balaban J connectivity index is 0.925. The molecule has 11 aromatic rings. The van der Waals surface area contributed by atoms with E-state index < -0.39 is 5.41 Å². The predicted molar refractivity (Wildman–Crippen MR) is 262 cm³/mol. The molecule has 0 saturated carbocycles. The molecular weight excluding hydrogens is 763 g/mol. The highest BCUT2D eigenvalue weighted by Crippen LogP contribution is 2.56. The van der Waals surface area contributed by atoms with Crippen molar-refractivity contribution in [2.24, 2.45) is 0 Å². The largest absolute Gasteiger partial charge is 0.456 e. The third kappa shape index (κ3) is 6.10. The molecule has 63 heavy (non-hydrogen) atoms. The Kier molecular flexibility index (Phi) is 8.76. The maximum atomic E-state index is 6.25. The fraction of sp³-hybridized carbons (Fsp3) is 0.0164. The molecule has 12 rings (SSSR count). The molecule has 0 N–H and O–H groups in total. The van der Waals surface area contributed by atoms with Crippen molar-refractivity contribution in [1.82, 2.24) is 0 Å². The number of furan rings is 1. The minimum absolute atomic E-state index is 0.414. The fourth-order valence-electron chi connectivity index (χ4n) is 10.0. The minimum atomic E-state index is -0.414. The van der Waals surface area contributed by atoms with E-state index in [-0.39, 0.29) is 0 Å². The molecule has 0 atom stereocenters. The van der Waals surface area contributed by atoms with Crippen LogP contribution in [-0.2, 0) is 5.41 Å². The molecule has 0 radical (unpaired) electrons. The zero-order valence-corrected chi connectivity index (χ0v) is 34.5. The first-order chi connectivity index (χ1) is 31.2. The summed E-state index contributed by atoms with van der Waals surface area (Å²) in [6.45, 7) is 0. The molecule has 1 aliphatic carbocycles. The van der Waals surface area contributed by atoms with Crippen molar-refractivity contribution in [3.63, 3.8) is 0 Å². The first kappa shape index (κ1) is 36.6. The molecule has 0 spiro atoms. The Morgan fingerprint density at radius 1 is 0.286 bits per heavy atom. The summed E-state index contributed by atoms with van der Waals surface area (Å²) in [6, 6.07) is 90.1. The van der Waals surface area contributed by atoms with Crippen molar-refractivity contribution < 1.29 is 4.42 Å². The normalized spacial score (nSPS) is 12.6. The SMILES string of the molecule is c1ccc(-c2ccc(N(c3ccc(-c4ccc5c(c4)-c4ccccc4C5(c4ccccc4)c4ccccc4)cc3)c3ccc(-c4ccc5c(c4)oc4ccccc45)cc3)cc2)cc1. The van der Waals surface area contributed by atoms with Gasteiger partial charge in [0, 0.05) is 27.8 Å². The molecule has 296 valence electrons. The molecule has 0 bridgehead atoms. The fourth-order valence-corrected chi connectivity index (χ4v) is 10.0. The Hall–Kier alpha value is -8.20. The molecule has 1 aromatic heterocycles. The Morgan fingerprint density at radius 2 is 0.714 bits per heavy atom. The summed E-state index contributed by atoms with van der Waals surface area (Å²) < 4.78 is 6.25. The van der Waals surface area contributed by atoms with Gasteiger partial charge < -0.3 is 9.32 Å². The molecule has 2 nitrogen and oxygen atoms in total. The zero-order chi connectivity index (χ0) is 41.7. The van der Waals surface area contributed by atoms with Crippen molar-refractivity contribution in [2.45, 2.75) is 5.41 Å². The summed E-state index contributed by atoms with van der Waals surface area (Å²) >= 11 is 0. The van der Waals surface area contributed by atoms with E-state index in [1.54, 1.807) is 0 Å². The summed E-state index contributed by atoms with van der Waals surface area (Å²) in [5.74, 6) is 0. The number of rotatable bonds is 8. The van der Waals surface area contributed by atoms with Crippen LogP contribution in [-0.4, -0.2) is 0 Å². The third-order valence-electron chi connectivity index (χ3n) is 13.0. The number of hydrogen-bond donors (Lipinski definition) is 0. The van der Waals surface area contributed by atoms with Crippen LogP contribution in [0.15, 0.2) is 253 Å². The topological polar surface area (TPSA) is 16.4 Å². The summed E-state index contributed by atoms with van der Waals surface area (Å²) in [4.78, 5) is 2.35. The van der Waals surface area contributed by atoms with Crippen molar-refractivity contribution in [3.05, 3.63) is 271 Å². The van der Waals surface area contributed by atoms with Gasteiger partial charge >= 0.3 is 0 Å². The Bertz CT molecular complexity index is 3370. The second kappa shape index (κ2) is 15.1. The van der Waals surface area contributed by atoms with E-state index in [2.05, 4.69) is 241 Å². The smallest absolute Gasteiger partial charge is 0.136 e. The van der Waals surface area contributed by atoms with Crippen molar-refractivity contribution in [1.29, 1.82) is 0 Å². The van der Waals surface area contributed by atoms with Crippen LogP contribution in [0.3, 0.4) is 0 Å². The summed E-state index contributed by atoms with van der Waals surface area (Å²) in [5.41, 5.74) is 19.4. The lowest BCUT2D eigenvalue weighted by Crippen LogP contribution is -2.28. The van der Waals surface area contributed by atoms with Crippen LogP contribution in [0.5, 0.6) is 0 Å². The molecule has 0 aliphatic heterocycles. The van der Waals surface area contributed by atoms with E-state index in [4.69, 9.17) is 4.42 Å². The highest BCUT2D eigenvalue weighted by Gasteiger charge is 2.45. The zero-order valence-electron chi connectivity index (χ0n) is 34.5. The quantitative estimate of drug-likeness (QED) is 0.152. The van der Waals surface area contributed by atoms with E-state index in [1.165, 1.54) is 55.6 Å². The maximum Gasteiger partial charge on any atom is 0.136 e. The monoisotopic (exact) mass is 803 g/mol. The molecule has 1 aliphatic rings. The molecule has 10 aromatic carbocycles. The van der Waals surface area contributed by atoms with Gasteiger partial charge in [0.25, 0.3) is 0 Å². The van der Waals surface area contributed by atoms with E-state index in [9.17, 15) is 0 Å². The van der Waals surface area contributed by atoms with Crippen molar-refractivity contribution >= 4 is 39.0 Å². The minimum Gasteiger partial charge on any atom is -0.456 e. The number of nitrogens with zero attached hydrogens (tertiary/aromatic N) is 1. The summed E-state index contributed by atoms with van der Waals surface area (Å²) in [6.07, 6.45) is 0. The van der Waals surface area contributed by atoms with Gasteiger partial charge in [-0.15, -0.1) is 0 Å². The third-order valence-corrected chi connectivity index (χ3v) is 13.0. The van der Waals surface area contributed by atoms with Gasteiger partial charge in [0.15, 0.2) is 0 Å². The lowest BCUT2D eigenvalue weighted by Gasteiger charge is -2.33. The van der Waals surface area contributed by atoms with Crippen LogP contribution in [0.2, 0.25) is 0 Å². The average Bonchev–Trinajstić information content (AvgIpc) is 3.89. The lowest BCUT2D eigenvalue weighted by molar-refractivity contribution is 0.669. The molecule has 0 saturated heterocycles. The molecule has 1 heterocycles. The number of para-hydroxylation sites is 1. The van der Waals surface area contributed by atoms with E-state index in [0.29, 0.717) is 0 Å². The molecule has 0 amide bonds. The van der Waals surface area contributed by atoms with Crippen LogP contribution in [0, 0.1) is 0 Å². The van der Waals surface area contributed by atoms with Crippen molar-refractivity contribution in [3.8, 4) is 44.5 Å². The van der Waals surface area contributed by atoms with E-state index >= 15 is 0 Å². The first-order valence-electron chi connectivity index (χ1n) is 21.7. The van der Waals surface area contributed by atoms with E-state index in [1.807, 2.05) is 12.1 Å². The van der Waals surface area contributed by atoms with Gasteiger partial charge in [-0.1, -0.05) is 188 Å². The average molecular weight is 804 g/mol. The number of benzene rings is 10. The van der Waals surface area contributed by atoms with Gasteiger partial charge in [-0.2, -0.15) is 0 Å². The molecular formula is C61H41NO. The standard InChI is InChI=1S/C61H41NO/c1-4-14-42(15-5-1)43-24-32-50(33-25-43)62(52-36-28-45(29-37-52)47-30-38-55-54-21-11-13-23-59(54)63-60(55)41-47)51-34-26-44(27-35-51)46-31-39-58-56(40-46)53-20-10-12-22-57(53)61(58,48-16-6-2-7-17-48)49-18-8-3-9-19-49/h1-41H. The predicted octanol–water partition coefficient (Wildman–Crippen LogP) is 16.4. The van der Waals surface area contributed by atoms with Crippen LogP contribution in [0.1, 0.15) is 22.3 Å². The van der Waals surface area contributed by atoms with Gasteiger partial charge in [0.2, 0.25) is 0 Å². The Labute approximate surface area is 367 Å². The molecule has 0 unspecified atom stereocenters. The van der Waals surface area contributed by atoms with Gasteiger partial charge in [0.1, 0.15) is 11.2 Å². The van der Waals surface area contributed by atoms with Crippen LogP contribution < -0.4 is 4.90 Å². The molecule has 0 fully saturated rings.